The van der Waals surface area contributed by atoms with Gasteiger partial charge in [0.1, 0.15) is 0 Å². The fourth-order valence-corrected chi connectivity index (χ4v) is 4.18. The SMILES string of the molecule is CCC(=O)Oc1c(CN)n(C)c2cc(-c3cccc4c3C=CCC4)c(Cl)cc12. The largest absolute Gasteiger partial charge is 0.424 e. The van der Waals surface area contributed by atoms with Gasteiger partial charge < -0.3 is 15.0 Å². The maximum absolute atomic E-state index is 11.9. The van der Waals surface area contributed by atoms with Gasteiger partial charge in [-0.3, -0.25) is 4.79 Å². The predicted octanol–water partition coefficient (Wildman–Crippen LogP) is 5.23. The standard InChI is InChI=1S/C23H23ClN2O2/c1-3-22(27)28-23-18-11-19(24)17(12-20(18)26(2)21(23)13-25)16-10-6-8-14-7-4-5-9-15(14)16/h5-6,8-12H,3-4,7,13,25H2,1-2H3. The number of nitrogens with two attached hydrogens (primary N) is 1. The summed E-state index contributed by atoms with van der Waals surface area (Å²) in [5.41, 5.74) is 12.3. The van der Waals surface area contributed by atoms with Gasteiger partial charge in [0, 0.05) is 36.0 Å². The van der Waals surface area contributed by atoms with Crippen LogP contribution in [0.2, 0.25) is 5.02 Å². The molecule has 0 bridgehead atoms. The van der Waals surface area contributed by atoms with Gasteiger partial charge in [-0.1, -0.05) is 48.9 Å². The minimum Gasteiger partial charge on any atom is -0.424 e. The van der Waals surface area contributed by atoms with Crippen LogP contribution >= 0.6 is 11.6 Å². The van der Waals surface area contributed by atoms with Crippen LogP contribution in [0.5, 0.6) is 5.75 Å². The Labute approximate surface area is 169 Å². The molecule has 4 rings (SSSR count). The van der Waals surface area contributed by atoms with E-state index >= 15 is 0 Å². The van der Waals surface area contributed by atoms with Gasteiger partial charge in [0.05, 0.1) is 11.2 Å². The summed E-state index contributed by atoms with van der Waals surface area (Å²) >= 11 is 6.72. The first-order valence-corrected chi connectivity index (χ1v) is 9.93. The van der Waals surface area contributed by atoms with E-state index in [-0.39, 0.29) is 12.5 Å². The van der Waals surface area contributed by atoms with Crippen LogP contribution in [0.3, 0.4) is 0 Å². The zero-order chi connectivity index (χ0) is 19.8. The Morgan fingerprint density at radius 3 is 2.86 bits per heavy atom. The molecule has 0 fully saturated rings. The summed E-state index contributed by atoms with van der Waals surface area (Å²) in [6.07, 6.45) is 6.79. The molecule has 4 nitrogen and oxygen atoms in total. The molecule has 28 heavy (non-hydrogen) atoms. The highest BCUT2D eigenvalue weighted by molar-refractivity contribution is 6.34. The lowest BCUT2D eigenvalue weighted by atomic mass is 9.90. The molecular weight excluding hydrogens is 372 g/mol. The topological polar surface area (TPSA) is 57.2 Å². The molecule has 0 spiro atoms. The minimum absolute atomic E-state index is 0.272. The average molecular weight is 395 g/mol. The molecule has 3 aromatic rings. The molecule has 0 aliphatic heterocycles. The number of rotatable bonds is 4. The zero-order valence-corrected chi connectivity index (χ0v) is 16.8. The van der Waals surface area contributed by atoms with E-state index in [4.69, 9.17) is 22.1 Å². The van der Waals surface area contributed by atoms with Crippen molar-refractivity contribution in [3.63, 3.8) is 0 Å². The minimum atomic E-state index is -0.287. The molecule has 2 N–H and O–H groups in total. The van der Waals surface area contributed by atoms with Gasteiger partial charge in [-0.05, 0) is 41.7 Å². The van der Waals surface area contributed by atoms with E-state index in [0.29, 0.717) is 17.2 Å². The van der Waals surface area contributed by atoms with Crippen LogP contribution in [0.4, 0.5) is 0 Å². The number of nitrogens with zero attached hydrogens (tertiary/aromatic N) is 1. The molecule has 0 amide bonds. The Morgan fingerprint density at radius 1 is 1.29 bits per heavy atom. The first kappa shape index (κ1) is 18.8. The van der Waals surface area contributed by atoms with Crippen molar-refractivity contribution >= 4 is 34.5 Å². The van der Waals surface area contributed by atoms with Crippen LogP contribution in [0.25, 0.3) is 28.1 Å². The molecule has 1 aliphatic carbocycles. The number of allylic oxidation sites excluding steroid dienone is 1. The summed E-state index contributed by atoms with van der Waals surface area (Å²) < 4.78 is 7.59. The third-order valence-corrected chi connectivity index (χ3v) is 5.72. The number of hydrogen-bond donors (Lipinski definition) is 1. The van der Waals surface area contributed by atoms with Crippen molar-refractivity contribution in [3.8, 4) is 16.9 Å². The number of halogens is 1. The number of fused-ring (bicyclic) bond motifs is 2. The van der Waals surface area contributed by atoms with Crippen molar-refractivity contribution in [2.24, 2.45) is 12.8 Å². The molecule has 0 unspecified atom stereocenters. The van der Waals surface area contributed by atoms with Gasteiger partial charge in [0.2, 0.25) is 0 Å². The van der Waals surface area contributed by atoms with Crippen LogP contribution in [-0.4, -0.2) is 10.5 Å². The van der Waals surface area contributed by atoms with Crippen LogP contribution < -0.4 is 10.5 Å². The van der Waals surface area contributed by atoms with Gasteiger partial charge in [0.15, 0.2) is 5.75 Å². The first-order chi connectivity index (χ1) is 13.5. The van der Waals surface area contributed by atoms with E-state index in [0.717, 1.165) is 40.6 Å². The van der Waals surface area contributed by atoms with Crippen LogP contribution in [0.15, 0.2) is 36.4 Å². The molecule has 144 valence electrons. The second-order valence-corrected chi connectivity index (χ2v) is 7.44. The molecule has 0 radical (unpaired) electrons. The highest BCUT2D eigenvalue weighted by Crippen LogP contribution is 2.41. The lowest BCUT2D eigenvalue weighted by Crippen LogP contribution is -2.10. The summed E-state index contributed by atoms with van der Waals surface area (Å²) in [5, 5.41) is 1.43. The van der Waals surface area contributed by atoms with E-state index in [9.17, 15) is 4.79 Å². The third-order valence-electron chi connectivity index (χ3n) is 5.41. The second kappa shape index (κ2) is 7.46. The van der Waals surface area contributed by atoms with Gasteiger partial charge in [-0.2, -0.15) is 0 Å². The predicted molar refractivity (Wildman–Crippen MR) is 115 cm³/mol. The Hall–Kier alpha value is -2.56. The fraction of sp³-hybridized carbons (Fsp3) is 0.261. The van der Waals surface area contributed by atoms with Crippen molar-refractivity contribution in [1.29, 1.82) is 0 Å². The Morgan fingerprint density at radius 2 is 2.11 bits per heavy atom. The highest BCUT2D eigenvalue weighted by Gasteiger charge is 2.21. The number of carbonyl (C=O) groups excluding carboxylic acids is 1. The number of carbonyl (C=O) groups is 1. The lowest BCUT2D eigenvalue weighted by molar-refractivity contribution is -0.133. The van der Waals surface area contributed by atoms with Gasteiger partial charge in [-0.25, -0.2) is 0 Å². The molecular formula is C23H23ClN2O2. The van der Waals surface area contributed by atoms with Crippen LogP contribution in [0, 0.1) is 0 Å². The third kappa shape index (κ3) is 3.03. The normalized spacial score (nSPS) is 13.0. The van der Waals surface area contributed by atoms with Crippen LogP contribution in [0.1, 0.15) is 36.6 Å². The Bertz CT molecular complexity index is 1110. The molecule has 5 heteroatoms. The molecule has 2 aromatic carbocycles. The number of esters is 1. The quantitative estimate of drug-likeness (QED) is 0.616. The molecule has 1 heterocycles. The smallest absolute Gasteiger partial charge is 0.310 e. The number of ether oxygens (including phenoxy) is 1. The average Bonchev–Trinajstić information content (AvgIpc) is 2.97. The van der Waals surface area contributed by atoms with Gasteiger partial charge in [0.25, 0.3) is 0 Å². The van der Waals surface area contributed by atoms with Crippen molar-refractivity contribution in [2.75, 3.05) is 0 Å². The summed E-state index contributed by atoms with van der Waals surface area (Å²) in [6.45, 7) is 2.04. The molecule has 0 saturated carbocycles. The zero-order valence-electron chi connectivity index (χ0n) is 16.1. The molecule has 0 saturated heterocycles. The first-order valence-electron chi connectivity index (χ1n) is 9.55. The highest BCUT2D eigenvalue weighted by atomic mass is 35.5. The van der Waals surface area contributed by atoms with Crippen molar-refractivity contribution in [3.05, 3.63) is 58.3 Å². The summed E-state index contributed by atoms with van der Waals surface area (Å²) in [5.74, 6) is 0.222. The fourth-order valence-electron chi connectivity index (χ4n) is 3.91. The second-order valence-electron chi connectivity index (χ2n) is 7.04. The summed E-state index contributed by atoms with van der Waals surface area (Å²) in [7, 11) is 1.94. The summed E-state index contributed by atoms with van der Waals surface area (Å²) in [4.78, 5) is 11.9. The maximum atomic E-state index is 11.9. The van der Waals surface area contributed by atoms with E-state index in [1.807, 2.05) is 17.7 Å². The Balaban J connectivity index is 1.95. The monoisotopic (exact) mass is 394 g/mol. The number of benzene rings is 2. The van der Waals surface area contributed by atoms with Gasteiger partial charge in [-0.15, -0.1) is 0 Å². The van der Waals surface area contributed by atoms with Crippen LogP contribution in [-0.2, 0) is 24.8 Å². The lowest BCUT2D eigenvalue weighted by Gasteiger charge is -2.16. The van der Waals surface area contributed by atoms with E-state index in [2.05, 4.69) is 36.4 Å². The summed E-state index contributed by atoms with van der Waals surface area (Å²) in [6, 6.07) is 10.3. The van der Waals surface area contributed by atoms with Crippen molar-refractivity contribution in [1.82, 2.24) is 4.57 Å². The molecule has 1 aliphatic rings. The van der Waals surface area contributed by atoms with E-state index in [1.165, 1.54) is 11.1 Å². The molecule has 0 atom stereocenters. The van der Waals surface area contributed by atoms with E-state index < -0.39 is 0 Å². The number of aromatic nitrogens is 1. The molecule has 1 aromatic heterocycles. The Kier molecular flexibility index (Phi) is 5.00. The number of aryl methyl sites for hydroxylation is 2. The van der Waals surface area contributed by atoms with Gasteiger partial charge >= 0.3 is 5.97 Å². The van der Waals surface area contributed by atoms with E-state index in [1.54, 1.807) is 6.92 Å². The number of hydrogen-bond acceptors (Lipinski definition) is 3. The van der Waals surface area contributed by atoms with Crippen molar-refractivity contribution in [2.45, 2.75) is 32.7 Å². The van der Waals surface area contributed by atoms with Crippen molar-refractivity contribution < 1.29 is 9.53 Å². The maximum Gasteiger partial charge on any atom is 0.310 e.